The van der Waals surface area contributed by atoms with Gasteiger partial charge in [-0.25, -0.2) is 4.98 Å². The van der Waals surface area contributed by atoms with Crippen molar-refractivity contribution >= 4 is 16.7 Å². The number of aryl methyl sites for hydroxylation is 1. The van der Waals surface area contributed by atoms with Gasteiger partial charge in [-0.15, -0.1) is 0 Å². The minimum Gasteiger partial charge on any atom is -0.396 e. The first kappa shape index (κ1) is 9.86. The van der Waals surface area contributed by atoms with Crippen molar-refractivity contribution in [2.24, 2.45) is 5.92 Å². The van der Waals surface area contributed by atoms with Crippen molar-refractivity contribution in [1.82, 2.24) is 9.36 Å². The minimum absolute atomic E-state index is 0.273. The average molecular weight is 213 g/mol. The molecule has 0 amide bonds. The Hall–Kier alpha value is -0.680. The molecule has 2 N–H and O–H groups in total. The number of rotatable bonds is 3. The molecular weight excluding hydrogens is 198 g/mol. The predicted molar refractivity (Wildman–Crippen MR) is 56.5 cm³/mol. The van der Waals surface area contributed by atoms with Crippen LogP contribution in [0.1, 0.15) is 25.1 Å². The summed E-state index contributed by atoms with van der Waals surface area (Å²) in [7, 11) is 0. The number of aliphatic hydroxyl groups excluding tert-OH is 1. The van der Waals surface area contributed by atoms with Crippen LogP contribution in [0.4, 0.5) is 5.13 Å². The number of anilines is 1. The van der Waals surface area contributed by atoms with E-state index in [1.807, 2.05) is 6.92 Å². The van der Waals surface area contributed by atoms with Crippen LogP contribution in [0, 0.1) is 12.8 Å². The second-order valence-corrected chi connectivity index (χ2v) is 4.52. The van der Waals surface area contributed by atoms with Crippen molar-refractivity contribution in [3.8, 4) is 0 Å². The van der Waals surface area contributed by atoms with Gasteiger partial charge in [-0.3, -0.25) is 0 Å². The van der Waals surface area contributed by atoms with Crippen LogP contribution in [0.3, 0.4) is 0 Å². The van der Waals surface area contributed by atoms with E-state index in [9.17, 15) is 0 Å². The molecule has 78 valence electrons. The van der Waals surface area contributed by atoms with E-state index < -0.39 is 0 Å². The Morgan fingerprint density at radius 2 is 2.43 bits per heavy atom. The van der Waals surface area contributed by atoms with E-state index in [0.29, 0.717) is 12.0 Å². The first-order chi connectivity index (χ1) is 6.79. The van der Waals surface area contributed by atoms with E-state index in [2.05, 4.69) is 14.7 Å². The lowest BCUT2D eigenvalue weighted by molar-refractivity contribution is 0.222. The van der Waals surface area contributed by atoms with Gasteiger partial charge in [0.15, 0.2) is 0 Å². The van der Waals surface area contributed by atoms with E-state index in [1.165, 1.54) is 18.0 Å². The molecule has 0 radical (unpaired) electrons. The smallest absolute Gasteiger partial charge is 0.202 e. The molecule has 0 aromatic carbocycles. The lowest BCUT2D eigenvalue weighted by Crippen LogP contribution is -2.26. The predicted octanol–water partition coefficient (Wildman–Crippen LogP) is 1.42. The van der Waals surface area contributed by atoms with Crippen molar-refractivity contribution in [1.29, 1.82) is 0 Å². The van der Waals surface area contributed by atoms with Crippen molar-refractivity contribution in [2.45, 2.75) is 32.2 Å². The second kappa shape index (κ2) is 4.23. The average Bonchev–Trinajstić information content (AvgIpc) is 2.76. The SMILES string of the molecule is Cc1nsc(NC2CCCC2CO)n1. The highest BCUT2D eigenvalue weighted by Crippen LogP contribution is 2.28. The molecule has 1 heterocycles. The molecule has 1 aromatic rings. The van der Waals surface area contributed by atoms with Crippen LogP contribution in [-0.4, -0.2) is 27.1 Å². The van der Waals surface area contributed by atoms with E-state index in [0.717, 1.165) is 23.8 Å². The summed E-state index contributed by atoms with van der Waals surface area (Å²) < 4.78 is 4.12. The first-order valence-corrected chi connectivity index (χ1v) is 5.74. The van der Waals surface area contributed by atoms with Crippen molar-refractivity contribution in [3.63, 3.8) is 0 Å². The molecule has 2 unspecified atom stereocenters. The molecule has 1 saturated carbocycles. The van der Waals surface area contributed by atoms with E-state index in [1.54, 1.807) is 0 Å². The highest BCUT2D eigenvalue weighted by molar-refractivity contribution is 7.09. The van der Waals surface area contributed by atoms with Gasteiger partial charge in [-0.2, -0.15) is 4.37 Å². The Morgan fingerprint density at radius 1 is 1.57 bits per heavy atom. The van der Waals surface area contributed by atoms with E-state index in [4.69, 9.17) is 5.11 Å². The van der Waals surface area contributed by atoms with Crippen LogP contribution in [0.5, 0.6) is 0 Å². The zero-order valence-corrected chi connectivity index (χ0v) is 9.05. The molecule has 1 aliphatic carbocycles. The third-order valence-electron chi connectivity index (χ3n) is 2.73. The molecule has 4 nitrogen and oxygen atoms in total. The van der Waals surface area contributed by atoms with Gasteiger partial charge in [-0.1, -0.05) is 6.42 Å². The second-order valence-electron chi connectivity index (χ2n) is 3.77. The number of nitrogens with one attached hydrogen (secondary N) is 1. The van der Waals surface area contributed by atoms with Gasteiger partial charge < -0.3 is 10.4 Å². The van der Waals surface area contributed by atoms with Gasteiger partial charge >= 0.3 is 0 Å². The zero-order chi connectivity index (χ0) is 9.97. The van der Waals surface area contributed by atoms with Crippen LogP contribution in [0.2, 0.25) is 0 Å². The molecule has 0 spiro atoms. The maximum absolute atomic E-state index is 9.15. The lowest BCUT2D eigenvalue weighted by Gasteiger charge is -2.17. The Balaban J connectivity index is 1.96. The van der Waals surface area contributed by atoms with Crippen molar-refractivity contribution in [3.05, 3.63) is 5.82 Å². The van der Waals surface area contributed by atoms with Crippen LogP contribution in [-0.2, 0) is 0 Å². The molecule has 2 atom stereocenters. The van der Waals surface area contributed by atoms with Gasteiger partial charge in [0.25, 0.3) is 0 Å². The summed E-state index contributed by atoms with van der Waals surface area (Å²) in [4.78, 5) is 4.26. The Bertz CT molecular complexity index is 302. The van der Waals surface area contributed by atoms with Crippen LogP contribution in [0.15, 0.2) is 0 Å². The fourth-order valence-corrected chi connectivity index (χ4v) is 2.60. The van der Waals surface area contributed by atoms with Crippen LogP contribution >= 0.6 is 11.5 Å². The summed E-state index contributed by atoms with van der Waals surface area (Å²) in [6, 6.07) is 0.382. The number of aromatic nitrogens is 2. The van der Waals surface area contributed by atoms with Crippen LogP contribution < -0.4 is 5.32 Å². The standard InChI is InChI=1S/C9H15N3OS/c1-6-10-9(14-12-6)11-8-4-2-3-7(8)5-13/h7-8,13H,2-5H2,1H3,(H,10,11,12). The van der Waals surface area contributed by atoms with Gasteiger partial charge in [0, 0.05) is 30.1 Å². The lowest BCUT2D eigenvalue weighted by atomic mass is 10.1. The highest BCUT2D eigenvalue weighted by atomic mass is 32.1. The Morgan fingerprint density at radius 3 is 3.07 bits per heavy atom. The summed E-state index contributed by atoms with van der Waals surface area (Å²) in [6.45, 7) is 2.16. The molecule has 0 bridgehead atoms. The zero-order valence-electron chi connectivity index (χ0n) is 8.23. The maximum atomic E-state index is 9.15. The summed E-state index contributed by atoms with van der Waals surface area (Å²) in [6.07, 6.45) is 3.44. The van der Waals surface area contributed by atoms with Crippen molar-refractivity contribution in [2.75, 3.05) is 11.9 Å². The highest BCUT2D eigenvalue weighted by Gasteiger charge is 2.26. The molecule has 1 aliphatic rings. The Labute approximate surface area is 87.5 Å². The molecule has 2 rings (SSSR count). The maximum Gasteiger partial charge on any atom is 0.202 e. The minimum atomic E-state index is 0.273. The van der Waals surface area contributed by atoms with Gasteiger partial charge in [0.1, 0.15) is 5.82 Å². The monoisotopic (exact) mass is 213 g/mol. The quantitative estimate of drug-likeness (QED) is 0.797. The molecule has 14 heavy (non-hydrogen) atoms. The molecule has 1 aromatic heterocycles. The molecule has 0 aliphatic heterocycles. The first-order valence-electron chi connectivity index (χ1n) is 4.97. The normalized spacial score (nSPS) is 26.7. The summed E-state index contributed by atoms with van der Waals surface area (Å²) >= 11 is 1.40. The third kappa shape index (κ3) is 2.04. The molecular formula is C9H15N3OS. The van der Waals surface area contributed by atoms with Crippen molar-refractivity contribution < 1.29 is 5.11 Å². The third-order valence-corrected chi connectivity index (χ3v) is 3.47. The summed E-state index contributed by atoms with van der Waals surface area (Å²) in [5.74, 6) is 1.20. The number of hydrogen-bond donors (Lipinski definition) is 2. The Kier molecular flexibility index (Phi) is 2.98. The molecule has 5 heteroatoms. The van der Waals surface area contributed by atoms with Crippen LogP contribution in [0.25, 0.3) is 0 Å². The fraction of sp³-hybridized carbons (Fsp3) is 0.778. The van der Waals surface area contributed by atoms with Gasteiger partial charge in [0.05, 0.1) is 0 Å². The topological polar surface area (TPSA) is 58.0 Å². The number of nitrogens with zero attached hydrogens (tertiary/aromatic N) is 2. The molecule has 1 fully saturated rings. The fourth-order valence-electron chi connectivity index (χ4n) is 1.96. The van der Waals surface area contributed by atoms with Gasteiger partial charge in [-0.05, 0) is 19.8 Å². The van der Waals surface area contributed by atoms with Gasteiger partial charge in [0.2, 0.25) is 5.13 Å². The number of hydrogen-bond acceptors (Lipinski definition) is 5. The molecule has 0 saturated heterocycles. The van der Waals surface area contributed by atoms with E-state index >= 15 is 0 Å². The summed E-state index contributed by atoms with van der Waals surface area (Å²) in [5.41, 5.74) is 0. The summed E-state index contributed by atoms with van der Waals surface area (Å²) in [5, 5.41) is 13.4. The van der Waals surface area contributed by atoms with E-state index in [-0.39, 0.29) is 6.61 Å². The largest absolute Gasteiger partial charge is 0.396 e. The number of aliphatic hydroxyl groups is 1.